The van der Waals surface area contributed by atoms with E-state index in [4.69, 9.17) is 17.4 Å². The number of hydrazine groups is 1. The van der Waals surface area contributed by atoms with Gasteiger partial charge in [-0.3, -0.25) is 11.3 Å². The van der Waals surface area contributed by atoms with Crippen molar-refractivity contribution in [3.8, 4) is 0 Å². The number of halogens is 2. The topological polar surface area (TPSA) is 38.0 Å². The number of rotatable bonds is 4. The van der Waals surface area contributed by atoms with Crippen molar-refractivity contribution in [3.05, 3.63) is 33.3 Å². The lowest BCUT2D eigenvalue weighted by molar-refractivity contribution is 0.262. The zero-order valence-corrected chi connectivity index (χ0v) is 11.4. The SMILES string of the molecule is NNC(CC1CCC1)c1ccc(Br)cc1Cl. The highest BCUT2D eigenvalue weighted by Gasteiger charge is 2.23. The first kappa shape index (κ1) is 12.4. The van der Waals surface area contributed by atoms with Crippen LogP contribution in [0.1, 0.15) is 37.3 Å². The minimum atomic E-state index is 0.172. The largest absolute Gasteiger partial charge is 0.271 e. The van der Waals surface area contributed by atoms with Gasteiger partial charge >= 0.3 is 0 Å². The summed E-state index contributed by atoms with van der Waals surface area (Å²) in [6, 6.07) is 6.13. The second-order valence-electron chi connectivity index (χ2n) is 4.42. The van der Waals surface area contributed by atoms with Crippen molar-refractivity contribution in [3.63, 3.8) is 0 Å². The average molecular weight is 304 g/mol. The maximum Gasteiger partial charge on any atom is 0.0477 e. The number of nitrogens with one attached hydrogen (secondary N) is 1. The standard InChI is InChI=1S/C12H16BrClN2/c13-9-4-5-10(11(14)7-9)12(16-15)6-8-2-1-3-8/h4-5,7-8,12,16H,1-3,6,15H2. The number of benzene rings is 1. The molecule has 0 bridgehead atoms. The molecule has 0 radical (unpaired) electrons. The Morgan fingerprint density at radius 3 is 2.75 bits per heavy atom. The molecule has 1 aliphatic rings. The van der Waals surface area contributed by atoms with Gasteiger partial charge in [-0.1, -0.05) is 52.9 Å². The molecular formula is C12H16BrClN2. The molecular weight excluding hydrogens is 288 g/mol. The number of nitrogens with two attached hydrogens (primary N) is 1. The van der Waals surface area contributed by atoms with E-state index in [1.54, 1.807) is 0 Å². The van der Waals surface area contributed by atoms with Gasteiger partial charge in [0.05, 0.1) is 0 Å². The zero-order valence-electron chi connectivity index (χ0n) is 9.05. The number of hydrogen-bond acceptors (Lipinski definition) is 2. The van der Waals surface area contributed by atoms with Crippen LogP contribution in [0.5, 0.6) is 0 Å². The maximum atomic E-state index is 6.22. The fourth-order valence-corrected chi connectivity index (χ4v) is 2.94. The van der Waals surface area contributed by atoms with E-state index in [0.29, 0.717) is 0 Å². The van der Waals surface area contributed by atoms with E-state index < -0.39 is 0 Å². The molecule has 2 rings (SSSR count). The van der Waals surface area contributed by atoms with Gasteiger partial charge in [0.15, 0.2) is 0 Å². The molecule has 1 aliphatic carbocycles. The van der Waals surface area contributed by atoms with Crippen LogP contribution in [0, 0.1) is 5.92 Å². The lowest BCUT2D eigenvalue weighted by Gasteiger charge is -2.30. The highest BCUT2D eigenvalue weighted by atomic mass is 79.9. The van der Waals surface area contributed by atoms with Gasteiger partial charge in [-0.2, -0.15) is 0 Å². The Morgan fingerprint density at radius 2 is 2.25 bits per heavy atom. The van der Waals surface area contributed by atoms with Crippen molar-refractivity contribution >= 4 is 27.5 Å². The van der Waals surface area contributed by atoms with Gasteiger partial charge in [0, 0.05) is 15.5 Å². The quantitative estimate of drug-likeness (QED) is 0.656. The number of hydrogen-bond donors (Lipinski definition) is 2. The molecule has 1 unspecified atom stereocenters. The molecule has 1 atom stereocenters. The maximum absolute atomic E-state index is 6.22. The van der Waals surface area contributed by atoms with Crippen LogP contribution in [0.2, 0.25) is 5.02 Å². The van der Waals surface area contributed by atoms with Crippen LogP contribution in [0.3, 0.4) is 0 Å². The van der Waals surface area contributed by atoms with Crippen LogP contribution in [-0.4, -0.2) is 0 Å². The van der Waals surface area contributed by atoms with Crippen molar-refractivity contribution < 1.29 is 0 Å². The highest BCUT2D eigenvalue weighted by Crippen LogP contribution is 2.36. The molecule has 1 fully saturated rings. The van der Waals surface area contributed by atoms with Gasteiger partial charge in [-0.15, -0.1) is 0 Å². The lowest BCUT2D eigenvalue weighted by atomic mass is 9.80. The van der Waals surface area contributed by atoms with Crippen LogP contribution in [0.4, 0.5) is 0 Å². The normalized spacial score (nSPS) is 18.2. The molecule has 2 nitrogen and oxygen atoms in total. The monoisotopic (exact) mass is 302 g/mol. The van der Waals surface area contributed by atoms with Crippen molar-refractivity contribution in [2.75, 3.05) is 0 Å². The Balaban J connectivity index is 2.11. The predicted octanol–water partition coefficient (Wildman–Crippen LogP) is 3.80. The van der Waals surface area contributed by atoms with E-state index in [9.17, 15) is 0 Å². The van der Waals surface area contributed by atoms with Crippen LogP contribution in [0.25, 0.3) is 0 Å². The molecule has 0 amide bonds. The Labute approximate surface area is 110 Å². The van der Waals surface area contributed by atoms with E-state index in [1.165, 1.54) is 19.3 Å². The second-order valence-corrected chi connectivity index (χ2v) is 5.74. The Morgan fingerprint density at radius 1 is 1.50 bits per heavy atom. The van der Waals surface area contributed by atoms with Crippen molar-refractivity contribution in [2.45, 2.75) is 31.7 Å². The molecule has 16 heavy (non-hydrogen) atoms. The average Bonchev–Trinajstić information content (AvgIpc) is 2.18. The summed E-state index contributed by atoms with van der Waals surface area (Å²) in [6.07, 6.45) is 5.09. The van der Waals surface area contributed by atoms with E-state index in [2.05, 4.69) is 21.4 Å². The van der Waals surface area contributed by atoms with E-state index in [1.807, 2.05) is 18.2 Å². The molecule has 4 heteroatoms. The summed E-state index contributed by atoms with van der Waals surface area (Å²) < 4.78 is 1.00. The minimum absolute atomic E-state index is 0.172. The Hall–Kier alpha value is -0.0900. The molecule has 0 aromatic heterocycles. The van der Waals surface area contributed by atoms with Gasteiger partial charge in [0.1, 0.15) is 0 Å². The summed E-state index contributed by atoms with van der Waals surface area (Å²) in [5.41, 5.74) is 3.97. The third-order valence-electron chi connectivity index (χ3n) is 3.33. The summed E-state index contributed by atoms with van der Waals surface area (Å²) in [4.78, 5) is 0. The summed E-state index contributed by atoms with van der Waals surface area (Å²) in [6.45, 7) is 0. The second kappa shape index (κ2) is 5.50. The minimum Gasteiger partial charge on any atom is -0.271 e. The van der Waals surface area contributed by atoms with E-state index >= 15 is 0 Å². The smallest absolute Gasteiger partial charge is 0.0477 e. The third-order valence-corrected chi connectivity index (χ3v) is 4.15. The molecule has 3 N–H and O–H groups in total. The van der Waals surface area contributed by atoms with Crippen LogP contribution in [0.15, 0.2) is 22.7 Å². The summed E-state index contributed by atoms with van der Waals surface area (Å²) in [5, 5.41) is 0.775. The van der Waals surface area contributed by atoms with Gasteiger partial charge in [-0.05, 0) is 30.0 Å². The summed E-state index contributed by atoms with van der Waals surface area (Å²) >= 11 is 9.63. The highest BCUT2D eigenvalue weighted by molar-refractivity contribution is 9.10. The van der Waals surface area contributed by atoms with E-state index in [-0.39, 0.29) is 6.04 Å². The van der Waals surface area contributed by atoms with Crippen LogP contribution in [-0.2, 0) is 0 Å². The molecule has 0 saturated heterocycles. The van der Waals surface area contributed by atoms with Crippen molar-refractivity contribution in [1.82, 2.24) is 5.43 Å². The Bertz CT molecular complexity index is 366. The van der Waals surface area contributed by atoms with Crippen LogP contribution >= 0.6 is 27.5 Å². The molecule has 1 aromatic rings. The first-order valence-electron chi connectivity index (χ1n) is 5.62. The lowest BCUT2D eigenvalue weighted by Crippen LogP contribution is -2.31. The fourth-order valence-electron chi connectivity index (χ4n) is 2.13. The van der Waals surface area contributed by atoms with Crippen LogP contribution < -0.4 is 11.3 Å². The predicted molar refractivity (Wildman–Crippen MR) is 71.2 cm³/mol. The van der Waals surface area contributed by atoms with Gasteiger partial charge in [0.25, 0.3) is 0 Å². The van der Waals surface area contributed by atoms with Gasteiger partial charge in [0.2, 0.25) is 0 Å². The van der Waals surface area contributed by atoms with Gasteiger partial charge < -0.3 is 0 Å². The first-order valence-corrected chi connectivity index (χ1v) is 6.79. The fraction of sp³-hybridized carbons (Fsp3) is 0.500. The third kappa shape index (κ3) is 2.77. The summed E-state index contributed by atoms with van der Waals surface area (Å²) in [7, 11) is 0. The molecule has 1 aromatic carbocycles. The van der Waals surface area contributed by atoms with Crippen molar-refractivity contribution in [2.24, 2.45) is 11.8 Å². The first-order chi connectivity index (χ1) is 7.70. The zero-order chi connectivity index (χ0) is 11.5. The molecule has 88 valence electrons. The van der Waals surface area contributed by atoms with E-state index in [0.717, 1.165) is 27.4 Å². The molecule has 0 spiro atoms. The van der Waals surface area contributed by atoms with Crippen molar-refractivity contribution in [1.29, 1.82) is 0 Å². The molecule has 1 saturated carbocycles. The molecule has 0 heterocycles. The van der Waals surface area contributed by atoms with Gasteiger partial charge in [-0.25, -0.2) is 0 Å². The summed E-state index contributed by atoms with van der Waals surface area (Å²) in [5.74, 6) is 6.42. The molecule has 0 aliphatic heterocycles. The Kier molecular flexibility index (Phi) is 4.25.